The molecule has 3 rings (SSSR count). The lowest BCUT2D eigenvalue weighted by Crippen LogP contribution is -2.46. The summed E-state index contributed by atoms with van der Waals surface area (Å²) in [4.78, 5) is 35.9. The van der Waals surface area contributed by atoms with Crippen molar-refractivity contribution < 1.29 is 27.5 Å². The Bertz CT molecular complexity index is 1000. The highest BCUT2D eigenvalue weighted by Crippen LogP contribution is 2.15. The second-order valence-corrected chi connectivity index (χ2v) is 8.86. The number of rotatable bonds is 6. The molecule has 3 amide bonds. The minimum Gasteiger partial charge on any atom is -0.484 e. The summed E-state index contributed by atoms with van der Waals surface area (Å²) in [6, 6.07) is 13.9. The molecule has 1 aliphatic heterocycles. The van der Waals surface area contributed by atoms with Crippen LogP contribution in [0.3, 0.4) is 0 Å². The summed E-state index contributed by atoms with van der Waals surface area (Å²) in [5.41, 5.74) is 1.06. The molecule has 0 spiro atoms. The van der Waals surface area contributed by atoms with E-state index in [2.05, 4.69) is 10.6 Å². The average molecular weight is 416 g/mol. The zero-order valence-corrected chi connectivity index (χ0v) is 16.3. The van der Waals surface area contributed by atoms with Gasteiger partial charge in [-0.2, -0.15) is 0 Å². The van der Waals surface area contributed by atoms with Crippen LogP contribution >= 0.6 is 0 Å². The van der Waals surface area contributed by atoms with Crippen molar-refractivity contribution in [2.24, 2.45) is 0 Å². The molecule has 0 bridgehead atoms. The summed E-state index contributed by atoms with van der Waals surface area (Å²) in [7, 11) is -3.12. The van der Waals surface area contributed by atoms with Gasteiger partial charge in [0.15, 0.2) is 22.2 Å². The standard InChI is InChI=1S/C20H20N2O6S/c23-18(22-20(25)21-16-10-11-29(26,27)13-16)12-28-17-8-6-15(7-9-17)19(24)14-4-2-1-3-5-14/h1-9,16H,10-13H2,(H2,21,22,23,25)/t16-/m1/s1. The molecule has 0 saturated carbocycles. The molecular formula is C20H20N2O6S. The largest absolute Gasteiger partial charge is 0.484 e. The van der Waals surface area contributed by atoms with Crippen LogP contribution in [0.25, 0.3) is 0 Å². The lowest BCUT2D eigenvalue weighted by molar-refractivity contribution is -0.122. The van der Waals surface area contributed by atoms with Crippen LogP contribution in [0, 0.1) is 0 Å². The van der Waals surface area contributed by atoms with Crippen LogP contribution in [0.4, 0.5) is 4.79 Å². The van der Waals surface area contributed by atoms with Crippen molar-refractivity contribution in [3.8, 4) is 5.75 Å². The van der Waals surface area contributed by atoms with Crippen molar-refractivity contribution in [3.05, 3.63) is 65.7 Å². The number of ether oxygens (including phenoxy) is 1. The highest BCUT2D eigenvalue weighted by Gasteiger charge is 2.29. The molecule has 2 aromatic carbocycles. The highest BCUT2D eigenvalue weighted by atomic mass is 32.2. The number of amides is 3. The first-order valence-corrected chi connectivity index (χ1v) is 10.8. The number of hydrogen-bond acceptors (Lipinski definition) is 6. The van der Waals surface area contributed by atoms with E-state index in [4.69, 9.17) is 4.74 Å². The molecule has 9 heteroatoms. The number of carbonyl (C=O) groups is 3. The molecule has 0 radical (unpaired) electrons. The first-order chi connectivity index (χ1) is 13.8. The molecule has 152 valence electrons. The third-order valence-electron chi connectivity index (χ3n) is 4.34. The molecular weight excluding hydrogens is 396 g/mol. The minimum atomic E-state index is -3.12. The first kappa shape index (κ1) is 20.5. The monoisotopic (exact) mass is 416 g/mol. The quantitative estimate of drug-likeness (QED) is 0.686. The Labute approximate surface area is 168 Å². The van der Waals surface area contributed by atoms with E-state index in [0.717, 1.165) is 0 Å². The van der Waals surface area contributed by atoms with Gasteiger partial charge in [-0.05, 0) is 30.7 Å². The van der Waals surface area contributed by atoms with Crippen molar-refractivity contribution in [1.82, 2.24) is 10.6 Å². The molecule has 1 fully saturated rings. The number of hydrogen-bond donors (Lipinski definition) is 2. The summed E-state index contributed by atoms with van der Waals surface area (Å²) >= 11 is 0. The zero-order chi connectivity index (χ0) is 20.9. The molecule has 2 N–H and O–H groups in total. The van der Waals surface area contributed by atoms with Gasteiger partial charge in [-0.15, -0.1) is 0 Å². The van der Waals surface area contributed by atoms with Crippen LogP contribution in [0.15, 0.2) is 54.6 Å². The second-order valence-electron chi connectivity index (χ2n) is 6.63. The average Bonchev–Trinajstić information content (AvgIpc) is 3.05. The van der Waals surface area contributed by atoms with Crippen molar-refractivity contribution in [1.29, 1.82) is 0 Å². The van der Waals surface area contributed by atoms with Gasteiger partial charge in [0.1, 0.15) is 5.75 Å². The summed E-state index contributed by atoms with van der Waals surface area (Å²) in [5, 5.41) is 4.55. The molecule has 0 unspecified atom stereocenters. The van der Waals surface area contributed by atoms with Crippen LogP contribution in [0.2, 0.25) is 0 Å². The Morgan fingerprint density at radius 1 is 0.966 bits per heavy atom. The Hall–Kier alpha value is -3.20. The Kier molecular flexibility index (Phi) is 6.28. The van der Waals surface area contributed by atoms with E-state index >= 15 is 0 Å². The van der Waals surface area contributed by atoms with E-state index in [-0.39, 0.29) is 17.3 Å². The maximum absolute atomic E-state index is 12.3. The maximum atomic E-state index is 12.3. The predicted octanol–water partition coefficient (Wildman–Crippen LogP) is 1.31. The Morgan fingerprint density at radius 3 is 2.24 bits per heavy atom. The number of urea groups is 1. The summed E-state index contributed by atoms with van der Waals surface area (Å²) in [6.45, 7) is -0.400. The van der Waals surface area contributed by atoms with Crippen LogP contribution in [0.1, 0.15) is 22.3 Å². The van der Waals surface area contributed by atoms with Gasteiger partial charge in [0, 0.05) is 17.2 Å². The fourth-order valence-corrected chi connectivity index (χ4v) is 4.57. The number of ketones is 1. The zero-order valence-electron chi connectivity index (χ0n) is 15.5. The minimum absolute atomic E-state index is 0.0256. The molecule has 29 heavy (non-hydrogen) atoms. The fourth-order valence-electron chi connectivity index (χ4n) is 2.90. The second kappa shape index (κ2) is 8.87. The van der Waals surface area contributed by atoms with Crippen LogP contribution in [0.5, 0.6) is 5.75 Å². The number of nitrogens with one attached hydrogen (secondary N) is 2. The van der Waals surface area contributed by atoms with Gasteiger partial charge < -0.3 is 10.1 Å². The van der Waals surface area contributed by atoms with Crippen molar-refractivity contribution in [2.45, 2.75) is 12.5 Å². The third-order valence-corrected chi connectivity index (χ3v) is 6.11. The lowest BCUT2D eigenvalue weighted by atomic mass is 10.0. The van der Waals surface area contributed by atoms with Crippen molar-refractivity contribution >= 4 is 27.6 Å². The van der Waals surface area contributed by atoms with E-state index in [1.54, 1.807) is 48.5 Å². The molecule has 2 aromatic rings. The van der Waals surface area contributed by atoms with Gasteiger partial charge in [-0.3, -0.25) is 14.9 Å². The third kappa shape index (κ3) is 5.89. The van der Waals surface area contributed by atoms with Gasteiger partial charge in [0.05, 0.1) is 11.5 Å². The van der Waals surface area contributed by atoms with Gasteiger partial charge in [-0.25, -0.2) is 13.2 Å². The van der Waals surface area contributed by atoms with E-state index in [0.29, 0.717) is 23.3 Å². The number of sulfone groups is 1. The first-order valence-electron chi connectivity index (χ1n) is 8.96. The van der Waals surface area contributed by atoms with Crippen LogP contribution in [-0.2, 0) is 14.6 Å². The van der Waals surface area contributed by atoms with E-state index in [1.165, 1.54) is 0 Å². The van der Waals surface area contributed by atoms with Gasteiger partial charge in [-0.1, -0.05) is 30.3 Å². The van der Waals surface area contributed by atoms with Crippen LogP contribution < -0.4 is 15.4 Å². The normalized spacial score (nSPS) is 17.3. The Morgan fingerprint density at radius 2 is 1.62 bits per heavy atom. The molecule has 0 aliphatic carbocycles. The molecule has 1 aliphatic rings. The molecule has 1 atom stereocenters. The van der Waals surface area contributed by atoms with E-state index < -0.39 is 34.4 Å². The molecule has 1 heterocycles. The maximum Gasteiger partial charge on any atom is 0.321 e. The summed E-state index contributed by atoms with van der Waals surface area (Å²) in [6.07, 6.45) is 0.328. The van der Waals surface area contributed by atoms with Crippen molar-refractivity contribution in [3.63, 3.8) is 0 Å². The van der Waals surface area contributed by atoms with Gasteiger partial charge >= 0.3 is 6.03 Å². The number of benzene rings is 2. The smallest absolute Gasteiger partial charge is 0.321 e. The van der Waals surface area contributed by atoms with Gasteiger partial charge in [0.2, 0.25) is 0 Å². The van der Waals surface area contributed by atoms with Crippen LogP contribution in [-0.4, -0.2) is 50.3 Å². The predicted molar refractivity (Wildman–Crippen MR) is 106 cm³/mol. The highest BCUT2D eigenvalue weighted by molar-refractivity contribution is 7.91. The SMILES string of the molecule is O=C(COc1ccc(C(=O)c2ccccc2)cc1)NC(=O)N[C@@H]1CCS(=O)(=O)C1. The van der Waals surface area contributed by atoms with E-state index in [1.807, 2.05) is 6.07 Å². The molecule has 8 nitrogen and oxygen atoms in total. The topological polar surface area (TPSA) is 119 Å². The fraction of sp³-hybridized carbons (Fsp3) is 0.250. The van der Waals surface area contributed by atoms with Crippen molar-refractivity contribution in [2.75, 3.05) is 18.1 Å². The lowest BCUT2D eigenvalue weighted by Gasteiger charge is -2.12. The number of imide groups is 1. The molecule has 1 saturated heterocycles. The summed E-state index contributed by atoms with van der Waals surface area (Å²) in [5.74, 6) is -0.531. The Balaban J connectivity index is 1.45. The van der Waals surface area contributed by atoms with Gasteiger partial charge in [0.25, 0.3) is 5.91 Å². The number of carbonyl (C=O) groups excluding carboxylic acids is 3. The molecule has 0 aromatic heterocycles. The summed E-state index contributed by atoms with van der Waals surface area (Å²) < 4.78 is 28.1. The van der Waals surface area contributed by atoms with E-state index in [9.17, 15) is 22.8 Å².